The SMILES string of the molecule is O=C1C=CC(=O)N1c1ccc(Oc2ccc(-c3ccc(Oc4ccc(N5C(=O)C=CC5=O)cc4)c(N4C(=O)C=CC4=O)c3)cc2N2C(=O)C=CC2=O)cc1. The zero-order chi connectivity index (χ0) is 37.7. The largest absolute Gasteiger partial charge is 0.455 e. The number of carbonyl (C=O) groups excluding carboxylic acids is 8. The van der Waals surface area contributed by atoms with Crippen molar-refractivity contribution in [2.45, 2.75) is 0 Å². The molecule has 14 nitrogen and oxygen atoms in total. The number of rotatable bonds is 9. The van der Waals surface area contributed by atoms with Crippen LogP contribution < -0.4 is 29.1 Å². The molecule has 4 aliphatic heterocycles. The molecule has 0 spiro atoms. The molecule has 4 heterocycles. The molecule has 0 radical (unpaired) electrons. The number of nitrogens with zero attached hydrogens (tertiary/aromatic N) is 4. The van der Waals surface area contributed by atoms with Crippen LogP contribution in [0.4, 0.5) is 22.7 Å². The van der Waals surface area contributed by atoms with Gasteiger partial charge in [-0.05, 0) is 83.9 Å². The van der Waals surface area contributed by atoms with Crippen LogP contribution in [0.2, 0.25) is 0 Å². The highest BCUT2D eigenvalue weighted by Gasteiger charge is 2.32. The first-order valence-corrected chi connectivity index (χ1v) is 16.1. The summed E-state index contributed by atoms with van der Waals surface area (Å²) in [6.45, 7) is 0. The maximum absolute atomic E-state index is 12.9. The van der Waals surface area contributed by atoms with E-state index in [0.717, 1.165) is 43.9 Å². The molecule has 0 saturated carbocycles. The van der Waals surface area contributed by atoms with Gasteiger partial charge in [0, 0.05) is 48.6 Å². The van der Waals surface area contributed by atoms with Crippen molar-refractivity contribution in [1.29, 1.82) is 0 Å². The first-order chi connectivity index (χ1) is 26.0. The lowest BCUT2D eigenvalue weighted by atomic mass is 10.0. The fourth-order valence-corrected chi connectivity index (χ4v) is 6.08. The Morgan fingerprint density at radius 2 is 0.593 bits per heavy atom. The van der Waals surface area contributed by atoms with Gasteiger partial charge in [0.25, 0.3) is 47.3 Å². The van der Waals surface area contributed by atoms with E-state index < -0.39 is 47.3 Å². The van der Waals surface area contributed by atoms with Crippen LogP contribution in [0, 0.1) is 0 Å². The summed E-state index contributed by atoms with van der Waals surface area (Å²) in [4.78, 5) is 104. The number of carbonyl (C=O) groups is 8. The minimum atomic E-state index is -0.611. The fraction of sp³-hybridized carbons (Fsp3) is 0. The minimum absolute atomic E-state index is 0.0906. The Labute approximate surface area is 304 Å². The Bertz CT molecular complexity index is 2270. The molecule has 0 fully saturated rings. The normalized spacial score (nSPS) is 16.4. The van der Waals surface area contributed by atoms with E-state index in [2.05, 4.69) is 0 Å². The molecule has 8 amide bonds. The lowest BCUT2D eigenvalue weighted by Crippen LogP contribution is -2.30. The number of hydrogen-bond acceptors (Lipinski definition) is 10. The number of benzene rings is 4. The smallest absolute Gasteiger partial charge is 0.258 e. The molecular formula is C40H22N4O10. The van der Waals surface area contributed by atoms with Crippen molar-refractivity contribution in [3.63, 3.8) is 0 Å². The highest BCUT2D eigenvalue weighted by atomic mass is 16.5. The highest BCUT2D eigenvalue weighted by molar-refractivity contribution is 6.30. The average Bonchev–Trinajstić information content (AvgIpc) is 3.90. The Kier molecular flexibility index (Phi) is 7.96. The molecule has 14 heteroatoms. The van der Waals surface area contributed by atoms with Crippen LogP contribution in [0.15, 0.2) is 134 Å². The molecule has 0 unspecified atom stereocenters. The number of imide groups is 4. The monoisotopic (exact) mass is 718 g/mol. The van der Waals surface area contributed by atoms with Gasteiger partial charge in [-0.25, -0.2) is 19.6 Å². The second-order valence-corrected chi connectivity index (χ2v) is 11.9. The summed E-state index contributed by atoms with van der Waals surface area (Å²) in [5.41, 5.74) is 1.77. The molecule has 0 bridgehead atoms. The average molecular weight is 719 g/mol. The Balaban J connectivity index is 1.13. The fourth-order valence-electron chi connectivity index (χ4n) is 6.08. The van der Waals surface area contributed by atoms with Gasteiger partial charge in [-0.1, -0.05) is 12.1 Å². The summed E-state index contributed by atoms with van der Waals surface area (Å²) < 4.78 is 12.2. The van der Waals surface area contributed by atoms with E-state index in [1.807, 2.05) is 0 Å². The van der Waals surface area contributed by atoms with E-state index in [1.54, 1.807) is 36.4 Å². The zero-order valence-electron chi connectivity index (χ0n) is 27.6. The van der Waals surface area contributed by atoms with Gasteiger partial charge < -0.3 is 9.47 Å². The maximum Gasteiger partial charge on any atom is 0.258 e. The van der Waals surface area contributed by atoms with Crippen molar-refractivity contribution in [2.24, 2.45) is 0 Å². The van der Waals surface area contributed by atoms with Crippen molar-refractivity contribution < 1.29 is 47.8 Å². The van der Waals surface area contributed by atoms with Crippen molar-refractivity contribution in [3.05, 3.63) is 134 Å². The van der Waals surface area contributed by atoms with Crippen molar-refractivity contribution >= 4 is 70.0 Å². The summed E-state index contributed by atoms with van der Waals surface area (Å²) in [6.07, 6.45) is 9.17. The van der Waals surface area contributed by atoms with Gasteiger partial charge in [0.2, 0.25) is 0 Å². The molecule has 4 aromatic rings. The van der Waals surface area contributed by atoms with E-state index in [4.69, 9.17) is 9.47 Å². The first-order valence-electron chi connectivity index (χ1n) is 16.1. The van der Waals surface area contributed by atoms with Gasteiger partial charge in [-0.3, -0.25) is 38.4 Å². The van der Waals surface area contributed by atoms with E-state index in [1.165, 1.54) is 72.8 Å². The lowest BCUT2D eigenvalue weighted by molar-refractivity contribution is -0.121. The van der Waals surface area contributed by atoms with Gasteiger partial charge >= 0.3 is 0 Å². The van der Waals surface area contributed by atoms with Crippen LogP contribution >= 0.6 is 0 Å². The van der Waals surface area contributed by atoms with Gasteiger partial charge in [-0.15, -0.1) is 0 Å². The third kappa shape index (κ3) is 5.84. The summed E-state index contributed by atoms with van der Waals surface area (Å²) in [5.74, 6) is -3.57. The third-order valence-corrected chi connectivity index (χ3v) is 8.62. The summed E-state index contributed by atoms with van der Waals surface area (Å²) in [5, 5.41) is 0. The molecule has 0 atom stereocenters. The topological polar surface area (TPSA) is 168 Å². The van der Waals surface area contributed by atoms with Gasteiger partial charge in [-0.2, -0.15) is 0 Å². The van der Waals surface area contributed by atoms with Crippen LogP contribution in [0.5, 0.6) is 23.0 Å². The van der Waals surface area contributed by atoms with E-state index in [0.29, 0.717) is 22.5 Å². The Morgan fingerprint density at radius 3 is 0.889 bits per heavy atom. The minimum Gasteiger partial charge on any atom is -0.455 e. The van der Waals surface area contributed by atoms with Gasteiger partial charge in [0.1, 0.15) is 11.5 Å². The van der Waals surface area contributed by atoms with Crippen LogP contribution in [-0.2, 0) is 38.4 Å². The Morgan fingerprint density at radius 1 is 0.315 bits per heavy atom. The van der Waals surface area contributed by atoms with Crippen LogP contribution in [0.25, 0.3) is 11.1 Å². The van der Waals surface area contributed by atoms with E-state index in [9.17, 15) is 38.4 Å². The summed E-state index contributed by atoms with van der Waals surface area (Å²) >= 11 is 0. The van der Waals surface area contributed by atoms with Crippen LogP contribution in [0.1, 0.15) is 0 Å². The molecule has 0 saturated heterocycles. The predicted octanol–water partition coefficient (Wildman–Crippen LogP) is 4.66. The standard InChI is InChI=1S/C40H22N4O10/c45-33-13-14-34(46)41(33)25-3-7-27(8-4-25)53-31-11-1-23(21-29(31)43-37(49)17-18-38(43)50)24-2-12-32(30(22-24)44-39(51)19-20-40(44)52)54-28-9-5-26(6-10-28)42-35(47)15-16-36(42)48/h1-22H. The van der Waals surface area contributed by atoms with Gasteiger partial charge in [0.15, 0.2) is 11.5 Å². The van der Waals surface area contributed by atoms with Crippen LogP contribution in [-0.4, -0.2) is 47.3 Å². The first kappa shape index (κ1) is 33.2. The zero-order valence-corrected chi connectivity index (χ0v) is 27.6. The number of anilines is 4. The third-order valence-electron chi connectivity index (χ3n) is 8.62. The lowest BCUT2D eigenvalue weighted by Gasteiger charge is -2.22. The molecule has 262 valence electrons. The quantitative estimate of drug-likeness (QED) is 0.222. The predicted molar refractivity (Wildman–Crippen MR) is 191 cm³/mol. The summed E-state index contributed by atoms with van der Waals surface area (Å²) in [6, 6.07) is 21.6. The van der Waals surface area contributed by atoms with Gasteiger partial charge in [0.05, 0.1) is 22.7 Å². The molecule has 8 rings (SSSR count). The summed E-state index contributed by atoms with van der Waals surface area (Å²) in [7, 11) is 0. The number of hydrogen-bond donors (Lipinski definition) is 0. The van der Waals surface area contributed by atoms with E-state index >= 15 is 0 Å². The molecule has 0 N–H and O–H groups in total. The van der Waals surface area contributed by atoms with Crippen LogP contribution in [0.3, 0.4) is 0 Å². The second kappa shape index (κ2) is 13.0. The molecular weight excluding hydrogens is 696 g/mol. The molecule has 4 aromatic carbocycles. The molecule has 0 aliphatic carbocycles. The number of ether oxygens (including phenoxy) is 2. The molecule has 0 aromatic heterocycles. The number of amides is 8. The second-order valence-electron chi connectivity index (χ2n) is 11.9. The molecule has 4 aliphatic rings. The maximum atomic E-state index is 12.9. The molecule has 54 heavy (non-hydrogen) atoms. The Hall–Kier alpha value is -8.00. The van der Waals surface area contributed by atoms with Crippen molar-refractivity contribution in [2.75, 3.05) is 19.6 Å². The van der Waals surface area contributed by atoms with Crippen molar-refractivity contribution in [1.82, 2.24) is 0 Å². The van der Waals surface area contributed by atoms with E-state index in [-0.39, 0.29) is 34.4 Å². The highest BCUT2D eigenvalue weighted by Crippen LogP contribution is 2.42. The van der Waals surface area contributed by atoms with Crippen molar-refractivity contribution in [3.8, 4) is 34.1 Å².